The van der Waals surface area contributed by atoms with E-state index < -0.39 is 0 Å². The van der Waals surface area contributed by atoms with E-state index in [0.717, 1.165) is 17.1 Å². The molecule has 4 heterocycles. The smallest absolute Gasteiger partial charge is 0.252 e. The van der Waals surface area contributed by atoms with Crippen LogP contribution in [-0.2, 0) is 0 Å². The van der Waals surface area contributed by atoms with Gasteiger partial charge < -0.3 is 14.7 Å². The molecule has 1 aromatic heterocycles. The Balaban J connectivity index is 1.36. The number of nitrogens with zero attached hydrogens (tertiary/aromatic N) is 4. The fraction of sp³-hybridized carbons (Fsp3) is 0. The Morgan fingerprint density at radius 1 is 0.340 bits per heavy atom. The molecule has 0 saturated carbocycles. The lowest BCUT2D eigenvalue weighted by molar-refractivity contribution is 1.22. The second-order valence-corrected chi connectivity index (χ2v) is 13.9. The van der Waals surface area contributed by atoms with E-state index in [9.17, 15) is 0 Å². The van der Waals surface area contributed by atoms with Gasteiger partial charge in [-0.15, -0.1) is 0 Å². The Morgan fingerprint density at radius 2 is 0.736 bits per heavy atom. The van der Waals surface area contributed by atoms with Gasteiger partial charge in [-0.25, -0.2) is 0 Å². The van der Waals surface area contributed by atoms with Gasteiger partial charge in [0.25, 0.3) is 6.71 Å². The summed E-state index contributed by atoms with van der Waals surface area (Å²) in [6, 6.07) is 66.6. The monoisotopic (exact) mass is 674 g/mol. The standard InChI is InChI=1S/C47H32B2N4/c1-4-16-33(17-5-1)48-37-22-10-13-25-40(37)51(34-18-6-2-7-19-34)43-32-44-46-47(45(43)48)53(36-28-30-50-31-29-36)42-27-15-12-24-39(42)49(46)38-23-11-14-26-41(38)52(44)35-20-8-3-9-21-35/h1-32H. The Bertz CT molecular complexity index is 2640. The first-order chi connectivity index (χ1) is 26.4. The maximum absolute atomic E-state index is 4.48. The average molecular weight is 674 g/mol. The predicted molar refractivity (Wildman–Crippen MR) is 224 cm³/mol. The van der Waals surface area contributed by atoms with Crippen molar-refractivity contribution in [1.29, 1.82) is 0 Å². The van der Waals surface area contributed by atoms with Crippen molar-refractivity contribution in [2.24, 2.45) is 0 Å². The molecule has 0 atom stereocenters. The lowest BCUT2D eigenvalue weighted by atomic mass is 9.30. The molecule has 0 amide bonds. The van der Waals surface area contributed by atoms with E-state index in [0.29, 0.717) is 0 Å². The first-order valence-electron chi connectivity index (χ1n) is 18.3. The minimum Gasteiger partial charge on any atom is -0.312 e. The van der Waals surface area contributed by atoms with Crippen LogP contribution in [0.3, 0.4) is 0 Å². The van der Waals surface area contributed by atoms with Crippen molar-refractivity contribution >= 4 is 97.4 Å². The quantitative estimate of drug-likeness (QED) is 0.181. The minimum atomic E-state index is -0.0275. The van der Waals surface area contributed by atoms with E-state index in [-0.39, 0.29) is 13.4 Å². The van der Waals surface area contributed by atoms with Crippen LogP contribution in [0.5, 0.6) is 0 Å². The number of fused-ring (bicyclic) bond motifs is 7. The highest BCUT2D eigenvalue weighted by molar-refractivity contribution is 7.03. The maximum Gasteiger partial charge on any atom is 0.252 e. The summed E-state index contributed by atoms with van der Waals surface area (Å²) in [7, 11) is 0. The molecular formula is C47H32B2N4. The van der Waals surface area contributed by atoms with E-state index in [4.69, 9.17) is 0 Å². The van der Waals surface area contributed by atoms with Gasteiger partial charge in [-0.05, 0) is 88.0 Å². The predicted octanol–water partition coefficient (Wildman–Crippen LogP) is 7.46. The zero-order valence-corrected chi connectivity index (χ0v) is 28.9. The van der Waals surface area contributed by atoms with Gasteiger partial charge in [-0.1, -0.05) is 127 Å². The molecule has 4 nitrogen and oxygen atoms in total. The van der Waals surface area contributed by atoms with Gasteiger partial charge in [0.1, 0.15) is 0 Å². The maximum atomic E-state index is 4.48. The zero-order valence-electron chi connectivity index (χ0n) is 28.9. The van der Waals surface area contributed by atoms with Gasteiger partial charge in [-0.3, -0.25) is 4.98 Å². The van der Waals surface area contributed by atoms with Gasteiger partial charge in [0.05, 0.1) is 0 Å². The molecule has 0 radical (unpaired) electrons. The highest BCUT2D eigenvalue weighted by Gasteiger charge is 2.48. The number of anilines is 9. The van der Waals surface area contributed by atoms with Crippen molar-refractivity contribution in [2.45, 2.75) is 0 Å². The molecule has 0 bridgehead atoms. The lowest BCUT2D eigenvalue weighted by Crippen LogP contribution is -2.66. The van der Waals surface area contributed by atoms with Gasteiger partial charge in [0.2, 0.25) is 6.71 Å². The highest BCUT2D eigenvalue weighted by atomic mass is 15.2. The number of benzene rings is 7. The Hall–Kier alpha value is -6.78. The number of pyridine rings is 1. The average Bonchev–Trinajstić information content (AvgIpc) is 3.24. The second kappa shape index (κ2) is 11.9. The molecule has 0 spiro atoms. The molecule has 7 aromatic carbocycles. The summed E-state index contributed by atoms with van der Waals surface area (Å²) < 4.78 is 0. The molecule has 8 aromatic rings. The van der Waals surface area contributed by atoms with Crippen LogP contribution < -0.4 is 47.5 Å². The molecule has 3 aliphatic rings. The molecule has 3 aliphatic heterocycles. The van der Waals surface area contributed by atoms with E-state index in [1.165, 1.54) is 66.9 Å². The summed E-state index contributed by atoms with van der Waals surface area (Å²) in [5.41, 5.74) is 18.3. The third-order valence-corrected chi connectivity index (χ3v) is 11.2. The van der Waals surface area contributed by atoms with Gasteiger partial charge in [0.15, 0.2) is 0 Å². The molecule has 0 unspecified atom stereocenters. The van der Waals surface area contributed by atoms with Crippen molar-refractivity contribution in [3.05, 3.63) is 194 Å². The largest absolute Gasteiger partial charge is 0.312 e. The first kappa shape index (κ1) is 29.9. The van der Waals surface area contributed by atoms with E-state index in [2.05, 4.69) is 202 Å². The normalized spacial score (nSPS) is 13.5. The second-order valence-electron chi connectivity index (χ2n) is 13.9. The molecule has 246 valence electrons. The molecule has 0 aliphatic carbocycles. The van der Waals surface area contributed by atoms with Crippen molar-refractivity contribution in [3.63, 3.8) is 0 Å². The zero-order chi connectivity index (χ0) is 34.9. The number of hydrogen-bond acceptors (Lipinski definition) is 4. The van der Waals surface area contributed by atoms with Crippen LogP contribution in [0.15, 0.2) is 194 Å². The first-order valence-corrected chi connectivity index (χ1v) is 18.3. The number of aromatic nitrogens is 1. The minimum absolute atomic E-state index is 0.0227. The fourth-order valence-electron chi connectivity index (χ4n) is 9.14. The molecule has 0 saturated heterocycles. The number of rotatable bonds is 4. The Labute approximate surface area is 310 Å². The molecule has 53 heavy (non-hydrogen) atoms. The molecule has 6 heteroatoms. The summed E-state index contributed by atoms with van der Waals surface area (Å²) >= 11 is 0. The summed E-state index contributed by atoms with van der Waals surface area (Å²) in [4.78, 5) is 12.0. The third kappa shape index (κ3) is 4.42. The lowest BCUT2D eigenvalue weighted by Gasteiger charge is -2.48. The Morgan fingerprint density at radius 3 is 1.26 bits per heavy atom. The Kier molecular flexibility index (Phi) is 6.71. The van der Waals surface area contributed by atoms with Crippen LogP contribution in [0.25, 0.3) is 0 Å². The number of hydrogen-bond donors (Lipinski definition) is 0. The summed E-state index contributed by atoms with van der Waals surface area (Å²) in [6.45, 7) is -0.00484. The van der Waals surface area contributed by atoms with E-state index in [1.54, 1.807) is 0 Å². The molecule has 0 N–H and O–H groups in total. The topological polar surface area (TPSA) is 22.6 Å². The molecule has 0 fully saturated rings. The van der Waals surface area contributed by atoms with Crippen LogP contribution >= 0.6 is 0 Å². The summed E-state index contributed by atoms with van der Waals surface area (Å²) in [6.07, 6.45) is 3.83. The van der Waals surface area contributed by atoms with Crippen molar-refractivity contribution in [1.82, 2.24) is 4.98 Å². The highest BCUT2D eigenvalue weighted by Crippen LogP contribution is 2.48. The van der Waals surface area contributed by atoms with Crippen LogP contribution in [0.4, 0.5) is 51.2 Å². The SMILES string of the molecule is c1ccc(B2c3ccccc3N(c3ccccc3)c3cc4c5c(c32)N(c2ccncc2)c2ccccc2B5c2ccccc2N4c2ccccc2)cc1. The number of para-hydroxylation sites is 5. The summed E-state index contributed by atoms with van der Waals surface area (Å²) in [5.74, 6) is 0. The van der Waals surface area contributed by atoms with Crippen molar-refractivity contribution in [2.75, 3.05) is 14.7 Å². The van der Waals surface area contributed by atoms with E-state index in [1.807, 2.05) is 12.4 Å². The van der Waals surface area contributed by atoms with Crippen LogP contribution in [-0.4, -0.2) is 18.4 Å². The molecule has 11 rings (SSSR count). The molecular weight excluding hydrogens is 642 g/mol. The van der Waals surface area contributed by atoms with Gasteiger partial charge in [0, 0.05) is 63.6 Å². The van der Waals surface area contributed by atoms with Gasteiger partial charge in [-0.2, -0.15) is 0 Å². The van der Waals surface area contributed by atoms with E-state index >= 15 is 0 Å². The summed E-state index contributed by atoms with van der Waals surface area (Å²) in [5, 5.41) is 0. The van der Waals surface area contributed by atoms with Gasteiger partial charge >= 0.3 is 0 Å². The van der Waals surface area contributed by atoms with Crippen LogP contribution in [0.1, 0.15) is 0 Å². The van der Waals surface area contributed by atoms with Crippen molar-refractivity contribution < 1.29 is 0 Å². The fourth-order valence-corrected chi connectivity index (χ4v) is 9.14. The van der Waals surface area contributed by atoms with Crippen LogP contribution in [0.2, 0.25) is 0 Å². The van der Waals surface area contributed by atoms with Crippen LogP contribution in [0, 0.1) is 0 Å². The van der Waals surface area contributed by atoms with Crippen molar-refractivity contribution in [3.8, 4) is 0 Å². The third-order valence-electron chi connectivity index (χ3n) is 11.2.